The zero-order chi connectivity index (χ0) is 26.9. The summed E-state index contributed by atoms with van der Waals surface area (Å²) < 4.78 is 102. The molecule has 0 aromatic heterocycles. The van der Waals surface area contributed by atoms with Crippen LogP contribution in [-0.4, -0.2) is 36.1 Å². The first kappa shape index (κ1) is 27.0. The van der Waals surface area contributed by atoms with E-state index in [1.807, 2.05) is 6.08 Å². The normalized spacial score (nSPS) is 36.6. The summed E-state index contributed by atoms with van der Waals surface area (Å²) >= 11 is 0. The Balaban J connectivity index is 1.53. The van der Waals surface area contributed by atoms with Gasteiger partial charge in [-0.15, -0.1) is 0 Å². The predicted octanol–water partition coefficient (Wildman–Crippen LogP) is 6.75. The third-order valence-electron chi connectivity index (χ3n) is 9.18. The number of allylic oxidation sites excluding steroid dienone is 4. The van der Waals surface area contributed by atoms with Crippen LogP contribution in [0.1, 0.15) is 65.7 Å². The fraction of sp³-hybridized carbons (Fsp3) is 0.760. The lowest BCUT2D eigenvalue weighted by Crippen LogP contribution is -2.58. The van der Waals surface area contributed by atoms with Crippen LogP contribution >= 0.6 is 0 Å². The van der Waals surface area contributed by atoms with Crippen molar-refractivity contribution in [1.29, 1.82) is 0 Å². The van der Waals surface area contributed by atoms with Gasteiger partial charge in [-0.3, -0.25) is 4.79 Å². The summed E-state index contributed by atoms with van der Waals surface area (Å²) in [4.78, 5) is 23.3. The number of carbonyl (C=O) groups is 2. The molecule has 0 bridgehead atoms. The van der Waals surface area contributed by atoms with Crippen LogP contribution in [0.3, 0.4) is 0 Å². The van der Waals surface area contributed by atoms with E-state index in [2.05, 4.69) is 13.0 Å². The minimum atomic E-state index is -6.60. The van der Waals surface area contributed by atoms with E-state index >= 15 is 0 Å². The van der Waals surface area contributed by atoms with Gasteiger partial charge >= 0.3 is 30.0 Å². The largest absolute Gasteiger partial charge is 0.460 e. The van der Waals surface area contributed by atoms with Gasteiger partial charge in [-0.2, -0.15) is 30.7 Å². The van der Waals surface area contributed by atoms with E-state index in [1.165, 1.54) is 6.92 Å². The molecule has 11 heteroatoms. The fourth-order valence-corrected chi connectivity index (χ4v) is 7.22. The number of hydrogen-bond donors (Lipinski definition) is 0. The van der Waals surface area contributed by atoms with Crippen LogP contribution in [0.25, 0.3) is 0 Å². The molecule has 0 radical (unpaired) electrons. The molecular formula is C25H29F7O4. The van der Waals surface area contributed by atoms with Gasteiger partial charge in [0.25, 0.3) is 0 Å². The number of rotatable bonds is 4. The molecule has 4 nitrogen and oxygen atoms in total. The van der Waals surface area contributed by atoms with Crippen LogP contribution in [0.15, 0.2) is 23.5 Å². The maximum Gasteiger partial charge on any atom is 0.460 e. The van der Waals surface area contributed by atoms with Gasteiger partial charge < -0.3 is 9.47 Å². The Bertz CT molecular complexity index is 1000. The zero-order valence-corrected chi connectivity index (χ0v) is 20.2. The minimum Gasteiger partial charge on any atom is -0.457 e. The zero-order valence-electron chi connectivity index (χ0n) is 20.2. The molecule has 6 atom stereocenters. The monoisotopic (exact) mass is 526 g/mol. The molecule has 0 aliphatic heterocycles. The smallest absolute Gasteiger partial charge is 0.457 e. The lowest BCUT2D eigenvalue weighted by atomic mass is 9.48. The number of fused-ring (bicyclic) bond motifs is 5. The molecule has 0 heterocycles. The van der Waals surface area contributed by atoms with Gasteiger partial charge in [-0.05, 0) is 73.3 Å². The Morgan fingerprint density at radius 1 is 0.972 bits per heavy atom. The third-order valence-corrected chi connectivity index (χ3v) is 9.18. The molecule has 0 saturated heterocycles. The first-order valence-corrected chi connectivity index (χ1v) is 12.1. The van der Waals surface area contributed by atoms with E-state index < -0.39 is 41.5 Å². The van der Waals surface area contributed by atoms with E-state index in [0.29, 0.717) is 37.9 Å². The summed E-state index contributed by atoms with van der Waals surface area (Å²) in [6, 6.07) is 0. The first-order valence-electron chi connectivity index (χ1n) is 12.1. The number of alkyl halides is 7. The molecule has 36 heavy (non-hydrogen) atoms. The summed E-state index contributed by atoms with van der Waals surface area (Å²) in [5.41, 5.74) is 0.0600. The molecule has 0 spiro atoms. The van der Waals surface area contributed by atoms with E-state index in [1.54, 1.807) is 6.92 Å². The van der Waals surface area contributed by atoms with Crippen molar-refractivity contribution in [3.8, 4) is 0 Å². The molecule has 0 N–H and O–H groups in total. The summed E-state index contributed by atoms with van der Waals surface area (Å²) in [7, 11) is 0. The van der Waals surface area contributed by atoms with E-state index in [-0.39, 0.29) is 29.6 Å². The van der Waals surface area contributed by atoms with Crippen molar-refractivity contribution in [2.75, 3.05) is 0 Å². The third kappa shape index (κ3) is 3.95. The van der Waals surface area contributed by atoms with Gasteiger partial charge in [-0.25, -0.2) is 4.79 Å². The molecular weight excluding hydrogens is 497 g/mol. The number of carbonyl (C=O) groups excluding carboxylic acids is 2. The van der Waals surface area contributed by atoms with Crippen molar-refractivity contribution in [3.05, 3.63) is 23.5 Å². The average molecular weight is 526 g/mol. The molecule has 2 saturated carbocycles. The number of halogens is 7. The van der Waals surface area contributed by atoms with E-state index in [0.717, 1.165) is 12.0 Å². The number of ether oxygens (including phenoxy) is 2. The van der Waals surface area contributed by atoms with Crippen molar-refractivity contribution >= 4 is 11.9 Å². The van der Waals surface area contributed by atoms with Crippen molar-refractivity contribution < 1.29 is 49.8 Å². The second-order valence-corrected chi connectivity index (χ2v) is 11.1. The quantitative estimate of drug-likeness (QED) is 0.300. The summed E-state index contributed by atoms with van der Waals surface area (Å²) in [6.45, 7) is 5.23. The van der Waals surface area contributed by atoms with Crippen molar-refractivity contribution in [2.24, 2.45) is 28.6 Å². The van der Waals surface area contributed by atoms with Crippen LogP contribution < -0.4 is 0 Å². The second kappa shape index (κ2) is 8.48. The SMILES string of the molecule is CC(=O)OC1=CC2=CC[C@@H]3[C@H](CC[C@]4(C)C(OC(=O)C(F)(F)C(F)(F)C(F)(F)F)CC[C@@H]34)[C@@]2(C)CC1. The molecule has 0 aromatic rings. The highest BCUT2D eigenvalue weighted by atomic mass is 19.4. The van der Waals surface area contributed by atoms with Gasteiger partial charge in [0.2, 0.25) is 0 Å². The van der Waals surface area contributed by atoms with E-state index in [9.17, 15) is 40.3 Å². The minimum absolute atomic E-state index is 0.0701. The highest BCUT2D eigenvalue weighted by Crippen LogP contribution is 2.65. The topological polar surface area (TPSA) is 52.6 Å². The lowest BCUT2D eigenvalue weighted by Gasteiger charge is -2.56. The van der Waals surface area contributed by atoms with Crippen LogP contribution in [0.4, 0.5) is 30.7 Å². The standard InChI is InChI=1S/C25H29F7O4/c1-13(33)35-15-8-10-21(2)14(12-15)4-5-16-17-6-7-19(22(17,3)11-9-18(16)21)36-20(34)23(26,27)24(28,29)25(30,31)32/h4,12,16-19H,5-11H2,1-3H3/t16-,17-,18-,19?,21-,22-/m0/s1. The molecule has 2 fully saturated rings. The molecule has 0 amide bonds. The van der Waals surface area contributed by atoms with Crippen molar-refractivity contribution in [3.63, 3.8) is 0 Å². The fourth-order valence-electron chi connectivity index (χ4n) is 7.22. The van der Waals surface area contributed by atoms with Crippen LogP contribution in [0.2, 0.25) is 0 Å². The molecule has 0 aromatic carbocycles. The molecule has 202 valence electrons. The Morgan fingerprint density at radius 3 is 2.25 bits per heavy atom. The van der Waals surface area contributed by atoms with Gasteiger partial charge in [-0.1, -0.05) is 19.9 Å². The summed E-state index contributed by atoms with van der Waals surface area (Å²) in [5, 5.41) is 0. The van der Waals surface area contributed by atoms with Gasteiger partial charge in [0.15, 0.2) is 0 Å². The van der Waals surface area contributed by atoms with Crippen molar-refractivity contribution in [1.82, 2.24) is 0 Å². The highest BCUT2D eigenvalue weighted by molar-refractivity contribution is 5.79. The maximum absolute atomic E-state index is 13.9. The van der Waals surface area contributed by atoms with Crippen LogP contribution in [-0.2, 0) is 19.1 Å². The van der Waals surface area contributed by atoms with Crippen molar-refractivity contribution in [2.45, 2.75) is 89.8 Å². The summed E-state index contributed by atoms with van der Waals surface area (Å²) in [6.07, 6.45) is -0.0781. The second-order valence-electron chi connectivity index (χ2n) is 11.1. The van der Waals surface area contributed by atoms with Gasteiger partial charge in [0, 0.05) is 18.8 Å². The number of hydrogen-bond acceptors (Lipinski definition) is 4. The maximum atomic E-state index is 13.9. The Hall–Kier alpha value is -2.07. The van der Waals surface area contributed by atoms with Crippen LogP contribution in [0, 0.1) is 28.6 Å². The predicted molar refractivity (Wildman–Crippen MR) is 113 cm³/mol. The first-order chi connectivity index (χ1) is 16.4. The molecule has 4 aliphatic rings. The molecule has 4 rings (SSSR count). The van der Waals surface area contributed by atoms with E-state index in [4.69, 9.17) is 9.47 Å². The lowest BCUT2D eigenvalue weighted by molar-refractivity contribution is -0.349. The Labute approximate surface area is 204 Å². The Morgan fingerprint density at radius 2 is 1.64 bits per heavy atom. The molecule has 1 unspecified atom stereocenters. The summed E-state index contributed by atoms with van der Waals surface area (Å²) in [5.74, 6) is -14.9. The average Bonchev–Trinajstić information content (AvgIpc) is 3.09. The number of esters is 2. The van der Waals surface area contributed by atoms with Gasteiger partial charge in [0.1, 0.15) is 11.9 Å². The molecule has 4 aliphatic carbocycles. The van der Waals surface area contributed by atoms with Gasteiger partial charge in [0.05, 0.1) is 0 Å². The Kier molecular flexibility index (Phi) is 6.35. The van der Waals surface area contributed by atoms with Crippen LogP contribution in [0.5, 0.6) is 0 Å². The highest BCUT2D eigenvalue weighted by Gasteiger charge is 2.77.